The van der Waals surface area contributed by atoms with E-state index < -0.39 is 0 Å². The Labute approximate surface area is 136 Å². The van der Waals surface area contributed by atoms with Gasteiger partial charge in [0.25, 0.3) is 0 Å². The Balaban J connectivity index is 0.00000176. The van der Waals surface area contributed by atoms with E-state index in [0.29, 0.717) is 6.42 Å². The zero-order chi connectivity index (χ0) is 14.8. The predicted octanol–water partition coefficient (Wildman–Crippen LogP) is 2.23. The van der Waals surface area contributed by atoms with Crippen LogP contribution in [-0.4, -0.2) is 43.6 Å². The van der Waals surface area contributed by atoms with Crippen LogP contribution in [0.4, 0.5) is 0 Å². The van der Waals surface area contributed by atoms with E-state index in [-0.39, 0.29) is 24.4 Å². The maximum atomic E-state index is 12.5. The lowest BCUT2D eigenvalue weighted by atomic mass is 10.1. The number of nitrogens with zero attached hydrogens (tertiary/aromatic N) is 1. The Morgan fingerprint density at radius 1 is 1.50 bits per heavy atom. The number of carbonyl (C=O) groups is 1. The van der Waals surface area contributed by atoms with Gasteiger partial charge in [-0.1, -0.05) is 0 Å². The maximum absolute atomic E-state index is 12.5. The number of benzene rings is 1. The van der Waals surface area contributed by atoms with Crippen molar-refractivity contribution in [3.8, 4) is 5.75 Å². The zero-order valence-corrected chi connectivity index (χ0v) is 13.6. The molecular weight excluding hydrogens is 304 g/mol. The van der Waals surface area contributed by atoms with E-state index >= 15 is 0 Å². The summed E-state index contributed by atoms with van der Waals surface area (Å²) in [4.78, 5) is 14.4. The molecule has 3 rings (SSSR count). The van der Waals surface area contributed by atoms with Gasteiger partial charge in [-0.3, -0.25) is 4.79 Å². The number of fused-ring (bicyclic) bond motifs is 1. The van der Waals surface area contributed by atoms with Crippen LogP contribution in [0.2, 0.25) is 0 Å². The quantitative estimate of drug-likeness (QED) is 0.940. The Hall–Kier alpha value is -1.72. The zero-order valence-electron chi connectivity index (χ0n) is 12.8. The predicted molar refractivity (Wildman–Crippen MR) is 87.8 cm³/mol. The largest absolute Gasteiger partial charge is 0.497 e. The summed E-state index contributed by atoms with van der Waals surface area (Å²) in [5, 5.41) is 4.27. The van der Waals surface area contributed by atoms with Gasteiger partial charge in [0.1, 0.15) is 11.3 Å². The van der Waals surface area contributed by atoms with Gasteiger partial charge in [-0.15, -0.1) is 12.4 Å². The first-order valence-corrected chi connectivity index (χ1v) is 7.23. The van der Waals surface area contributed by atoms with Crippen molar-refractivity contribution in [1.29, 1.82) is 0 Å². The van der Waals surface area contributed by atoms with Crippen LogP contribution >= 0.6 is 12.4 Å². The number of halogens is 1. The molecule has 1 amide bonds. The Bertz CT molecular complexity index is 656. The second kappa shape index (κ2) is 7.03. The van der Waals surface area contributed by atoms with Gasteiger partial charge < -0.3 is 19.4 Å². The third-order valence-electron chi connectivity index (χ3n) is 4.03. The highest BCUT2D eigenvalue weighted by Gasteiger charge is 2.23. The van der Waals surface area contributed by atoms with E-state index in [2.05, 4.69) is 12.2 Å². The number of hydrogen-bond acceptors (Lipinski definition) is 4. The molecule has 1 fully saturated rings. The number of ether oxygens (including phenoxy) is 1. The van der Waals surface area contributed by atoms with Crippen LogP contribution in [0.3, 0.4) is 0 Å². The molecule has 1 N–H and O–H groups in total. The van der Waals surface area contributed by atoms with Gasteiger partial charge in [0.15, 0.2) is 0 Å². The minimum Gasteiger partial charge on any atom is -0.497 e. The van der Waals surface area contributed by atoms with E-state index in [9.17, 15) is 4.79 Å². The SMILES string of the molecule is COc1ccc2c(CC(=O)N3CCNC[C@@H]3C)coc2c1.Cl. The standard InChI is InChI=1S/C16H20N2O3.ClH/c1-11-9-17-5-6-18(11)16(19)7-12-10-21-15-8-13(20-2)3-4-14(12)15;/h3-4,8,10-11,17H,5-7,9H2,1-2H3;1H/t11-;/m0./s1. The molecule has 2 heterocycles. The molecule has 2 aromatic rings. The summed E-state index contributed by atoms with van der Waals surface area (Å²) in [7, 11) is 1.63. The first-order chi connectivity index (χ1) is 10.2. The molecule has 1 aliphatic rings. The fourth-order valence-corrected chi connectivity index (χ4v) is 2.80. The molecule has 1 atom stereocenters. The third-order valence-corrected chi connectivity index (χ3v) is 4.03. The van der Waals surface area contributed by atoms with Crippen molar-refractivity contribution in [3.05, 3.63) is 30.0 Å². The molecule has 0 saturated carbocycles. The molecule has 22 heavy (non-hydrogen) atoms. The van der Waals surface area contributed by atoms with Crippen LogP contribution in [-0.2, 0) is 11.2 Å². The molecule has 0 unspecified atom stereocenters. The van der Waals surface area contributed by atoms with Crippen LogP contribution in [0.15, 0.2) is 28.9 Å². The fourth-order valence-electron chi connectivity index (χ4n) is 2.80. The second-order valence-electron chi connectivity index (χ2n) is 5.44. The number of methoxy groups -OCH3 is 1. The minimum absolute atomic E-state index is 0. The number of carbonyl (C=O) groups excluding carboxylic acids is 1. The fraction of sp³-hybridized carbons (Fsp3) is 0.438. The van der Waals surface area contributed by atoms with Gasteiger partial charge in [-0.2, -0.15) is 0 Å². The van der Waals surface area contributed by atoms with Crippen LogP contribution in [0.25, 0.3) is 11.0 Å². The Kier molecular flexibility index (Phi) is 5.32. The van der Waals surface area contributed by atoms with E-state index in [1.54, 1.807) is 13.4 Å². The summed E-state index contributed by atoms with van der Waals surface area (Å²) < 4.78 is 10.7. The molecule has 1 aromatic heterocycles. The minimum atomic E-state index is 0. The lowest BCUT2D eigenvalue weighted by Gasteiger charge is -2.34. The second-order valence-corrected chi connectivity index (χ2v) is 5.44. The van der Waals surface area contributed by atoms with Crippen LogP contribution in [0.5, 0.6) is 5.75 Å². The monoisotopic (exact) mass is 324 g/mol. The maximum Gasteiger partial charge on any atom is 0.227 e. The summed E-state index contributed by atoms with van der Waals surface area (Å²) in [6, 6.07) is 5.92. The van der Waals surface area contributed by atoms with Crippen LogP contribution < -0.4 is 10.1 Å². The highest BCUT2D eigenvalue weighted by molar-refractivity contribution is 5.88. The molecule has 0 bridgehead atoms. The number of amides is 1. The number of furan rings is 1. The highest BCUT2D eigenvalue weighted by Crippen LogP contribution is 2.26. The van der Waals surface area contributed by atoms with Crippen molar-refractivity contribution in [2.24, 2.45) is 0 Å². The molecule has 5 nitrogen and oxygen atoms in total. The normalized spacial score (nSPS) is 18.1. The summed E-state index contributed by atoms with van der Waals surface area (Å²) in [5.74, 6) is 0.910. The lowest BCUT2D eigenvalue weighted by Crippen LogP contribution is -2.52. The van der Waals surface area contributed by atoms with Gasteiger partial charge in [0.05, 0.1) is 19.8 Å². The summed E-state index contributed by atoms with van der Waals surface area (Å²) >= 11 is 0. The third kappa shape index (κ3) is 3.20. The van der Waals surface area contributed by atoms with Gasteiger partial charge in [0, 0.05) is 42.7 Å². The molecule has 0 radical (unpaired) electrons. The summed E-state index contributed by atoms with van der Waals surface area (Å²) in [6.07, 6.45) is 2.05. The Morgan fingerprint density at radius 2 is 2.32 bits per heavy atom. The van der Waals surface area contributed by atoms with Gasteiger partial charge in [-0.05, 0) is 19.1 Å². The number of hydrogen-bond donors (Lipinski definition) is 1. The molecule has 1 aromatic carbocycles. The summed E-state index contributed by atoms with van der Waals surface area (Å²) in [6.45, 7) is 4.56. The van der Waals surface area contributed by atoms with Gasteiger partial charge in [0.2, 0.25) is 5.91 Å². The molecule has 6 heteroatoms. The van der Waals surface area contributed by atoms with Crippen molar-refractivity contribution in [1.82, 2.24) is 10.2 Å². The average molecular weight is 325 g/mol. The molecule has 0 aliphatic carbocycles. The van der Waals surface area contributed by atoms with E-state index in [1.807, 2.05) is 23.1 Å². The van der Waals surface area contributed by atoms with E-state index in [4.69, 9.17) is 9.15 Å². The average Bonchev–Trinajstić information content (AvgIpc) is 2.89. The molecule has 0 spiro atoms. The highest BCUT2D eigenvalue weighted by atomic mass is 35.5. The number of piperazine rings is 1. The topological polar surface area (TPSA) is 54.7 Å². The van der Waals surface area contributed by atoms with Crippen LogP contribution in [0, 0.1) is 0 Å². The molecule has 1 aliphatic heterocycles. The first kappa shape index (κ1) is 16.6. The summed E-state index contributed by atoms with van der Waals surface area (Å²) in [5.41, 5.74) is 1.69. The van der Waals surface area contributed by atoms with Crippen molar-refractivity contribution < 1.29 is 13.9 Å². The van der Waals surface area contributed by atoms with E-state index in [1.165, 1.54) is 0 Å². The van der Waals surface area contributed by atoms with Gasteiger partial charge >= 0.3 is 0 Å². The number of rotatable bonds is 3. The van der Waals surface area contributed by atoms with Gasteiger partial charge in [-0.25, -0.2) is 0 Å². The van der Waals surface area contributed by atoms with E-state index in [0.717, 1.165) is 41.9 Å². The molecule has 120 valence electrons. The smallest absolute Gasteiger partial charge is 0.227 e. The number of nitrogens with one attached hydrogen (secondary N) is 1. The van der Waals surface area contributed by atoms with Crippen LogP contribution in [0.1, 0.15) is 12.5 Å². The van der Waals surface area contributed by atoms with Crippen molar-refractivity contribution in [3.63, 3.8) is 0 Å². The lowest BCUT2D eigenvalue weighted by molar-refractivity contribution is -0.133. The van der Waals surface area contributed by atoms with Crippen molar-refractivity contribution in [2.45, 2.75) is 19.4 Å². The van der Waals surface area contributed by atoms with Crippen molar-refractivity contribution >= 4 is 29.3 Å². The first-order valence-electron chi connectivity index (χ1n) is 7.23. The molecule has 1 saturated heterocycles. The molecular formula is C16H21ClN2O3. The Morgan fingerprint density at radius 3 is 3.05 bits per heavy atom. The van der Waals surface area contributed by atoms with Crippen molar-refractivity contribution in [2.75, 3.05) is 26.7 Å².